The van der Waals surface area contributed by atoms with Gasteiger partial charge >= 0.3 is 12.0 Å². The number of rotatable bonds is 5. The quantitative estimate of drug-likeness (QED) is 0.687. The Bertz CT molecular complexity index is 285. The molecule has 2 amide bonds. The molecule has 0 radical (unpaired) electrons. The monoisotopic (exact) mass is 242 g/mol. The average Bonchev–Trinajstić information content (AvgIpc) is 2.70. The zero-order chi connectivity index (χ0) is 12.9. The molecule has 1 aliphatic rings. The molecule has 0 aromatic heterocycles. The first-order valence-corrected chi connectivity index (χ1v) is 6.24. The fourth-order valence-corrected chi connectivity index (χ4v) is 2.25. The number of hydrogen-bond donors (Lipinski definition) is 3. The normalized spacial score (nSPS) is 19.6. The maximum atomic E-state index is 11.5. The van der Waals surface area contributed by atoms with E-state index >= 15 is 0 Å². The maximum absolute atomic E-state index is 11.5. The van der Waals surface area contributed by atoms with Gasteiger partial charge in [-0.1, -0.05) is 26.7 Å². The second-order valence-electron chi connectivity index (χ2n) is 5.14. The van der Waals surface area contributed by atoms with Crippen molar-refractivity contribution >= 4 is 12.0 Å². The molecule has 17 heavy (non-hydrogen) atoms. The highest BCUT2D eigenvalue weighted by Crippen LogP contribution is 2.36. The van der Waals surface area contributed by atoms with E-state index in [0.717, 1.165) is 12.8 Å². The number of aliphatic carboxylic acids is 1. The number of carboxylic acids is 1. The van der Waals surface area contributed by atoms with Crippen molar-refractivity contribution in [3.63, 3.8) is 0 Å². The summed E-state index contributed by atoms with van der Waals surface area (Å²) in [5.74, 6) is -0.991. The van der Waals surface area contributed by atoms with Crippen LogP contribution in [0.4, 0.5) is 4.79 Å². The Morgan fingerprint density at radius 3 is 2.41 bits per heavy atom. The van der Waals surface area contributed by atoms with Gasteiger partial charge in [0.1, 0.15) is 6.04 Å². The minimum atomic E-state index is -0.991. The van der Waals surface area contributed by atoms with Crippen molar-refractivity contribution in [3.05, 3.63) is 0 Å². The third kappa shape index (κ3) is 4.24. The van der Waals surface area contributed by atoms with Crippen molar-refractivity contribution in [1.29, 1.82) is 0 Å². The van der Waals surface area contributed by atoms with Crippen LogP contribution in [0.1, 0.15) is 46.0 Å². The van der Waals surface area contributed by atoms with Crippen molar-refractivity contribution in [2.45, 2.75) is 52.0 Å². The zero-order valence-corrected chi connectivity index (χ0v) is 10.6. The molecule has 1 saturated carbocycles. The molecule has 98 valence electrons. The summed E-state index contributed by atoms with van der Waals surface area (Å²) >= 11 is 0. The van der Waals surface area contributed by atoms with Crippen LogP contribution in [0.15, 0.2) is 0 Å². The van der Waals surface area contributed by atoms with Crippen molar-refractivity contribution in [1.82, 2.24) is 10.6 Å². The summed E-state index contributed by atoms with van der Waals surface area (Å²) in [6.07, 6.45) is 5.08. The molecule has 1 rings (SSSR count). The number of carbonyl (C=O) groups is 2. The number of nitrogens with one attached hydrogen (secondary N) is 2. The van der Waals surface area contributed by atoms with Gasteiger partial charge in [0, 0.05) is 6.54 Å². The predicted molar refractivity (Wildman–Crippen MR) is 64.8 cm³/mol. The van der Waals surface area contributed by atoms with E-state index in [1.165, 1.54) is 12.8 Å². The molecule has 1 aliphatic carbocycles. The van der Waals surface area contributed by atoms with Gasteiger partial charge in [-0.15, -0.1) is 0 Å². The van der Waals surface area contributed by atoms with E-state index in [4.69, 9.17) is 5.11 Å². The lowest BCUT2D eigenvalue weighted by Gasteiger charge is -2.24. The summed E-state index contributed by atoms with van der Waals surface area (Å²) in [5.41, 5.74) is 0.183. The van der Waals surface area contributed by atoms with Gasteiger partial charge in [-0.2, -0.15) is 0 Å². The molecule has 0 heterocycles. The molecular formula is C12H22N2O3. The number of carboxylic acid groups (broad SMARTS) is 1. The van der Waals surface area contributed by atoms with Gasteiger partial charge in [0.15, 0.2) is 0 Å². The highest BCUT2D eigenvalue weighted by atomic mass is 16.4. The van der Waals surface area contributed by atoms with Crippen LogP contribution in [0.2, 0.25) is 0 Å². The molecule has 0 bridgehead atoms. The Balaban J connectivity index is 2.31. The summed E-state index contributed by atoms with van der Waals surface area (Å²) in [7, 11) is 0. The van der Waals surface area contributed by atoms with Gasteiger partial charge in [0.25, 0.3) is 0 Å². The van der Waals surface area contributed by atoms with Crippen LogP contribution < -0.4 is 10.6 Å². The Hall–Kier alpha value is -1.26. The Kier molecular flexibility index (Phi) is 4.78. The highest BCUT2D eigenvalue weighted by Gasteiger charge is 2.29. The van der Waals surface area contributed by atoms with Gasteiger partial charge in [-0.05, 0) is 24.7 Å². The number of urea groups is 1. The lowest BCUT2D eigenvalue weighted by molar-refractivity contribution is -0.139. The second-order valence-corrected chi connectivity index (χ2v) is 5.14. The minimum Gasteiger partial charge on any atom is -0.480 e. The molecule has 0 unspecified atom stereocenters. The number of hydrogen-bond acceptors (Lipinski definition) is 2. The lowest BCUT2D eigenvalue weighted by Crippen LogP contribution is -2.47. The van der Waals surface area contributed by atoms with Gasteiger partial charge in [-0.25, -0.2) is 9.59 Å². The summed E-state index contributed by atoms with van der Waals surface area (Å²) in [4.78, 5) is 22.3. The van der Waals surface area contributed by atoms with Gasteiger partial charge in [-0.3, -0.25) is 0 Å². The van der Waals surface area contributed by atoms with E-state index in [1.807, 2.05) is 0 Å². The summed E-state index contributed by atoms with van der Waals surface area (Å²) < 4.78 is 0. The van der Waals surface area contributed by atoms with Crippen LogP contribution in [0.25, 0.3) is 0 Å². The maximum Gasteiger partial charge on any atom is 0.326 e. The highest BCUT2D eigenvalue weighted by molar-refractivity contribution is 5.82. The Morgan fingerprint density at radius 1 is 1.35 bits per heavy atom. The molecule has 1 atom stereocenters. The molecule has 5 nitrogen and oxygen atoms in total. The van der Waals surface area contributed by atoms with E-state index in [9.17, 15) is 9.59 Å². The van der Waals surface area contributed by atoms with Crippen LogP contribution >= 0.6 is 0 Å². The summed E-state index contributed by atoms with van der Waals surface area (Å²) in [6, 6.07) is -1.18. The smallest absolute Gasteiger partial charge is 0.326 e. The average molecular weight is 242 g/mol. The van der Waals surface area contributed by atoms with Crippen molar-refractivity contribution < 1.29 is 14.7 Å². The first-order valence-electron chi connectivity index (χ1n) is 6.24. The van der Waals surface area contributed by atoms with E-state index in [0.29, 0.717) is 13.0 Å². The molecule has 0 saturated heterocycles. The standard InChI is InChI=1S/C12H22N2O3/c1-3-9(10(15)16)14-11(17)13-8-12(2)6-4-5-7-12/h9H,3-8H2,1-2H3,(H,15,16)(H2,13,14,17)/t9-/m0/s1. The third-order valence-corrected chi connectivity index (χ3v) is 3.50. The summed E-state index contributed by atoms with van der Waals surface area (Å²) in [6.45, 7) is 4.51. The van der Waals surface area contributed by atoms with E-state index in [1.54, 1.807) is 6.92 Å². The molecule has 0 aromatic rings. The minimum absolute atomic E-state index is 0.183. The Morgan fingerprint density at radius 2 is 1.94 bits per heavy atom. The zero-order valence-electron chi connectivity index (χ0n) is 10.6. The van der Waals surface area contributed by atoms with Crippen molar-refractivity contribution in [3.8, 4) is 0 Å². The van der Waals surface area contributed by atoms with E-state index < -0.39 is 12.0 Å². The van der Waals surface area contributed by atoms with Crippen molar-refractivity contribution in [2.75, 3.05) is 6.54 Å². The van der Waals surface area contributed by atoms with Crippen molar-refractivity contribution in [2.24, 2.45) is 5.41 Å². The first kappa shape index (κ1) is 13.8. The largest absolute Gasteiger partial charge is 0.480 e. The molecule has 5 heteroatoms. The lowest BCUT2D eigenvalue weighted by atomic mass is 9.89. The fraction of sp³-hybridized carbons (Fsp3) is 0.833. The second kappa shape index (κ2) is 5.89. The van der Waals surface area contributed by atoms with Gasteiger partial charge in [0.05, 0.1) is 0 Å². The van der Waals surface area contributed by atoms with Crippen LogP contribution in [0, 0.1) is 5.41 Å². The first-order chi connectivity index (χ1) is 7.97. The van der Waals surface area contributed by atoms with Crippen LogP contribution in [0.5, 0.6) is 0 Å². The van der Waals surface area contributed by atoms with E-state index in [-0.39, 0.29) is 11.4 Å². The van der Waals surface area contributed by atoms with Crippen LogP contribution in [0.3, 0.4) is 0 Å². The molecule has 0 aliphatic heterocycles. The van der Waals surface area contributed by atoms with Crippen LogP contribution in [-0.4, -0.2) is 29.7 Å². The van der Waals surface area contributed by atoms with E-state index in [2.05, 4.69) is 17.6 Å². The molecule has 1 fully saturated rings. The molecular weight excluding hydrogens is 220 g/mol. The topological polar surface area (TPSA) is 78.4 Å². The SMILES string of the molecule is CC[C@H](NC(=O)NCC1(C)CCCC1)C(=O)O. The number of carbonyl (C=O) groups excluding carboxylic acids is 1. The van der Waals surface area contributed by atoms with Crippen LogP contribution in [-0.2, 0) is 4.79 Å². The summed E-state index contributed by atoms with van der Waals surface area (Å²) in [5, 5.41) is 14.0. The van der Waals surface area contributed by atoms with Gasteiger partial charge in [0.2, 0.25) is 0 Å². The number of amides is 2. The molecule has 3 N–H and O–H groups in total. The Labute approximate surface area is 102 Å². The molecule has 0 aromatic carbocycles. The van der Waals surface area contributed by atoms with Gasteiger partial charge < -0.3 is 15.7 Å². The molecule has 0 spiro atoms. The third-order valence-electron chi connectivity index (χ3n) is 3.50. The fourth-order valence-electron chi connectivity index (χ4n) is 2.25. The predicted octanol–water partition coefficient (Wildman–Crippen LogP) is 1.73.